The highest BCUT2D eigenvalue weighted by molar-refractivity contribution is 9.10. The molecule has 0 N–H and O–H groups in total. The molecule has 0 nitrogen and oxygen atoms in total. The zero-order valence-electron chi connectivity index (χ0n) is 15.9. The number of hydrogen-bond donors (Lipinski definition) is 0. The van der Waals surface area contributed by atoms with Gasteiger partial charge in [-0.1, -0.05) is 127 Å². The van der Waals surface area contributed by atoms with Crippen molar-refractivity contribution < 1.29 is 0 Å². The summed E-state index contributed by atoms with van der Waals surface area (Å²) in [5.41, 5.74) is 3.05. The van der Waals surface area contributed by atoms with Crippen molar-refractivity contribution in [3.63, 3.8) is 0 Å². The van der Waals surface area contributed by atoms with Gasteiger partial charge in [-0.2, -0.15) is 0 Å². The molecular weight excluding hydrogens is 584 g/mol. The first-order valence-corrected chi connectivity index (χ1v) is 14.2. The summed E-state index contributed by atoms with van der Waals surface area (Å²) in [6.45, 7) is 0. The average Bonchev–Trinajstić information content (AvgIpc) is 2.63. The van der Waals surface area contributed by atoms with Gasteiger partial charge < -0.3 is 0 Å². The van der Waals surface area contributed by atoms with Gasteiger partial charge in [0.15, 0.2) is 0 Å². The van der Waals surface area contributed by atoms with Crippen LogP contribution in [0.25, 0.3) is 0 Å². The van der Waals surface area contributed by atoms with Crippen LogP contribution in [0.2, 0.25) is 0 Å². The van der Waals surface area contributed by atoms with Gasteiger partial charge in [-0.25, -0.2) is 0 Å². The van der Waals surface area contributed by atoms with Crippen LogP contribution in [0.15, 0.2) is 24.3 Å². The van der Waals surface area contributed by atoms with Crippen LogP contribution >= 0.6 is 63.7 Å². The molecule has 1 aromatic carbocycles. The van der Waals surface area contributed by atoms with Gasteiger partial charge in [0.1, 0.15) is 0 Å². The normalized spacial score (nSPS) is 13.7. The van der Waals surface area contributed by atoms with E-state index in [1.165, 1.54) is 75.3 Å². The largest absolute Gasteiger partial charge is 0.0928 e. The van der Waals surface area contributed by atoms with Crippen molar-refractivity contribution >= 4 is 63.7 Å². The lowest BCUT2D eigenvalue weighted by Crippen LogP contribution is -2.09. The fourth-order valence-corrected chi connectivity index (χ4v) is 5.40. The zero-order valence-corrected chi connectivity index (χ0v) is 22.2. The Morgan fingerprint density at radius 1 is 0.577 bits per heavy atom. The summed E-state index contributed by atoms with van der Waals surface area (Å²) in [5.74, 6) is 0. The molecule has 0 amide bonds. The molecule has 0 aliphatic rings. The first-order chi connectivity index (χ1) is 12.7. The van der Waals surface area contributed by atoms with Gasteiger partial charge in [0.2, 0.25) is 0 Å². The predicted molar refractivity (Wildman–Crippen MR) is 133 cm³/mol. The fourth-order valence-electron chi connectivity index (χ4n) is 3.26. The van der Waals surface area contributed by atoms with Crippen molar-refractivity contribution in [2.75, 3.05) is 10.7 Å². The Kier molecular flexibility index (Phi) is 16.5. The van der Waals surface area contributed by atoms with Crippen molar-refractivity contribution in [3.8, 4) is 0 Å². The molecule has 0 bridgehead atoms. The molecular formula is C22H34Br4. The minimum absolute atomic E-state index is 0.602. The van der Waals surface area contributed by atoms with E-state index in [4.69, 9.17) is 0 Å². The van der Waals surface area contributed by atoms with E-state index in [0.29, 0.717) is 9.65 Å². The maximum Gasteiger partial charge on any atom is 0.0186 e. The summed E-state index contributed by atoms with van der Waals surface area (Å²) >= 11 is 14.9. The lowest BCUT2D eigenvalue weighted by molar-refractivity contribution is 0.615. The van der Waals surface area contributed by atoms with E-state index >= 15 is 0 Å². The van der Waals surface area contributed by atoms with E-state index < -0.39 is 0 Å². The maximum atomic E-state index is 3.93. The molecule has 0 radical (unpaired) electrons. The van der Waals surface area contributed by atoms with Gasteiger partial charge in [0.25, 0.3) is 0 Å². The smallest absolute Gasteiger partial charge is 0.0186 e. The molecule has 0 heterocycles. The van der Waals surface area contributed by atoms with Crippen LogP contribution in [0, 0.1) is 0 Å². The number of benzene rings is 1. The number of rotatable bonds is 16. The van der Waals surface area contributed by atoms with E-state index in [9.17, 15) is 0 Å². The SMILES string of the molecule is BrCCCCCCC(Br)Cc1ccccc1CC(Br)CCCCCCBr. The standard InChI is InChI=1S/C22H34Br4/c23-15-9-3-1-5-13-21(25)17-19-11-7-8-12-20(19)18-22(26)14-6-2-4-10-16-24/h7-8,11-12,21-22H,1-6,9-10,13-18H2. The summed E-state index contributed by atoms with van der Waals surface area (Å²) in [7, 11) is 0. The fraction of sp³-hybridized carbons (Fsp3) is 0.727. The second-order valence-electron chi connectivity index (χ2n) is 7.16. The Morgan fingerprint density at radius 3 is 1.35 bits per heavy atom. The Bertz CT molecular complexity index is 409. The van der Waals surface area contributed by atoms with Crippen LogP contribution in [-0.2, 0) is 12.8 Å². The zero-order chi connectivity index (χ0) is 19.0. The highest BCUT2D eigenvalue weighted by Gasteiger charge is 2.12. The molecule has 0 aliphatic heterocycles. The van der Waals surface area contributed by atoms with E-state index in [0.717, 1.165) is 23.5 Å². The van der Waals surface area contributed by atoms with Crippen molar-refractivity contribution in [1.29, 1.82) is 0 Å². The Hall–Kier alpha value is 1.14. The lowest BCUT2D eigenvalue weighted by atomic mass is 9.96. The van der Waals surface area contributed by atoms with Crippen LogP contribution in [0.1, 0.15) is 75.3 Å². The average molecular weight is 618 g/mol. The Labute approximate surface area is 195 Å². The van der Waals surface area contributed by atoms with E-state index in [1.807, 2.05) is 0 Å². The molecule has 0 saturated heterocycles. The first kappa shape index (κ1) is 25.2. The van der Waals surface area contributed by atoms with E-state index in [-0.39, 0.29) is 0 Å². The Balaban J connectivity index is 2.36. The predicted octanol–water partition coefficient (Wildman–Crippen LogP) is 8.99. The number of halogens is 4. The summed E-state index contributed by atoms with van der Waals surface area (Å²) < 4.78 is 0. The summed E-state index contributed by atoms with van der Waals surface area (Å²) in [4.78, 5) is 1.20. The van der Waals surface area contributed by atoms with Crippen molar-refractivity contribution in [2.24, 2.45) is 0 Å². The van der Waals surface area contributed by atoms with Gasteiger partial charge in [-0.3, -0.25) is 0 Å². The van der Waals surface area contributed by atoms with Crippen molar-refractivity contribution in [1.82, 2.24) is 0 Å². The molecule has 0 aromatic heterocycles. The number of unbranched alkanes of at least 4 members (excludes halogenated alkanes) is 6. The maximum absolute atomic E-state index is 3.93. The monoisotopic (exact) mass is 614 g/mol. The third-order valence-corrected chi connectivity index (χ3v) is 7.49. The van der Waals surface area contributed by atoms with Crippen LogP contribution in [0.4, 0.5) is 0 Å². The second-order valence-corrected chi connectivity index (χ2v) is 11.3. The van der Waals surface area contributed by atoms with Crippen LogP contribution < -0.4 is 0 Å². The van der Waals surface area contributed by atoms with Crippen LogP contribution in [0.3, 0.4) is 0 Å². The van der Waals surface area contributed by atoms with Crippen LogP contribution in [0.5, 0.6) is 0 Å². The van der Waals surface area contributed by atoms with Crippen molar-refractivity contribution in [3.05, 3.63) is 35.4 Å². The highest BCUT2D eigenvalue weighted by Crippen LogP contribution is 2.23. The van der Waals surface area contributed by atoms with Gasteiger partial charge in [0, 0.05) is 20.3 Å². The van der Waals surface area contributed by atoms with Gasteiger partial charge in [-0.05, 0) is 49.7 Å². The quantitative estimate of drug-likeness (QED) is 0.128. The Morgan fingerprint density at radius 2 is 0.962 bits per heavy atom. The van der Waals surface area contributed by atoms with Gasteiger partial charge >= 0.3 is 0 Å². The molecule has 2 atom stereocenters. The minimum Gasteiger partial charge on any atom is -0.0928 e. The van der Waals surface area contributed by atoms with Crippen molar-refractivity contribution in [2.45, 2.75) is 86.7 Å². The molecule has 4 heteroatoms. The molecule has 0 spiro atoms. The first-order valence-electron chi connectivity index (χ1n) is 10.1. The van der Waals surface area contributed by atoms with Gasteiger partial charge in [0.05, 0.1) is 0 Å². The third kappa shape index (κ3) is 12.6. The molecule has 2 unspecified atom stereocenters. The van der Waals surface area contributed by atoms with E-state index in [2.05, 4.69) is 88.0 Å². The highest BCUT2D eigenvalue weighted by atomic mass is 79.9. The molecule has 150 valence electrons. The molecule has 0 fully saturated rings. The third-order valence-electron chi connectivity index (χ3n) is 4.80. The lowest BCUT2D eigenvalue weighted by Gasteiger charge is -2.16. The van der Waals surface area contributed by atoms with Gasteiger partial charge in [-0.15, -0.1) is 0 Å². The molecule has 26 heavy (non-hydrogen) atoms. The summed E-state index contributed by atoms with van der Waals surface area (Å²) in [5, 5.41) is 2.28. The van der Waals surface area contributed by atoms with Crippen LogP contribution in [-0.4, -0.2) is 20.3 Å². The van der Waals surface area contributed by atoms with E-state index in [1.54, 1.807) is 0 Å². The topological polar surface area (TPSA) is 0 Å². The minimum atomic E-state index is 0.602. The summed E-state index contributed by atoms with van der Waals surface area (Å²) in [6.07, 6.45) is 15.5. The summed E-state index contributed by atoms with van der Waals surface area (Å²) in [6, 6.07) is 9.03. The molecule has 0 aliphatic carbocycles. The second kappa shape index (κ2) is 17.0. The molecule has 0 saturated carbocycles. The number of hydrogen-bond acceptors (Lipinski definition) is 0. The molecule has 1 aromatic rings. The number of alkyl halides is 4. The molecule has 1 rings (SSSR count).